The summed E-state index contributed by atoms with van der Waals surface area (Å²) in [7, 11) is 0. The van der Waals surface area contributed by atoms with E-state index < -0.39 is 5.97 Å². The molecule has 0 bridgehead atoms. The quantitative estimate of drug-likeness (QED) is 0.817. The number of rotatable bonds is 3. The fourth-order valence-electron chi connectivity index (χ4n) is 1.48. The molecule has 1 fully saturated rings. The van der Waals surface area contributed by atoms with Gasteiger partial charge < -0.3 is 14.6 Å². The Morgan fingerprint density at radius 2 is 2.50 bits per heavy atom. The number of hydrogen-bond acceptors (Lipinski definition) is 4. The van der Waals surface area contributed by atoms with Crippen LogP contribution in [-0.2, 0) is 4.74 Å². The molecule has 2 heterocycles. The summed E-state index contributed by atoms with van der Waals surface area (Å²) in [5.74, 6) is -0.967. The first kappa shape index (κ1) is 11.2. The predicted octanol–water partition coefficient (Wildman–Crippen LogP) is 1.60. The van der Waals surface area contributed by atoms with Gasteiger partial charge in [0, 0.05) is 12.6 Å². The van der Waals surface area contributed by atoms with E-state index in [-0.39, 0.29) is 22.6 Å². The van der Waals surface area contributed by atoms with E-state index in [2.05, 4.69) is 4.98 Å². The van der Waals surface area contributed by atoms with Crippen LogP contribution in [0.25, 0.3) is 0 Å². The van der Waals surface area contributed by atoms with Gasteiger partial charge in [0.15, 0.2) is 10.9 Å². The van der Waals surface area contributed by atoms with Crippen molar-refractivity contribution in [3.63, 3.8) is 0 Å². The van der Waals surface area contributed by atoms with Crippen LogP contribution < -0.4 is 4.74 Å². The lowest BCUT2D eigenvalue weighted by Crippen LogP contribution is -2.18. The lowest BCUT2D eigenvalue weighted by molar-refractivity contribution is 0.0687. The maximum Gasteiger partial charge on any atom is 0.339 e. The topological polar surface area (TPSA) is 68.7 Å². The normalized spacial score (nSPS) is 19.7. The Balaban J connectivity index is 2.26. The summed E-state index contributed by atoms with van der Waals surface area (Å²) >= 11 is 5.81. The molecule has 1 aromatic heterocycles. The number of aromatic carboxylic acids is 1. The van der Waals surface area contributed by atoms with Crippen LogP contribution in [0.3, 0.4) is 0 Å². The smallest absolute Gasteiger partial charge is 0.339 e. The molecular weight excluding hydrogens is 234 g/mol. The number of carboxylic acid groups (broad SMARTS) is 1. The highest BCUT2D eigenvalue weighted by molar-refractivity contribution is 6.31. The van der Waals surface area contributed by atoms with E-state index in [1.807, 2.05) is 0 Å². The second-order valence-electron chi connectivity index (χ2n) is 3.39. The van der Waals surface area contributed by atoms with E-state index in [1.54, 1.807) is 0 Å². The first-order valence-electron chi connectivity index (χ1n) is 4.80. The number of halogens is 1. The van der Waals surface area contributed by atoms with Gasteiger partial charge in [-0.15, -0.1) is 0 Å². The largest absolute Gasteiger partial charge is 0.484 e. The molecule has 0 spiro atoms. The van der Waals surface area contributed by atoms with Crippen molar-refractivity contribution < 1.29 is 19.4 Å². The summed E-state index contributed by atoms with van der Waals surface area (Å²) in [5, 5.41) is 9.03. The monoisotopic (exact) mass is 243 g/mol. The number of carbonyl (C=O) groups is 1. The standard InChI is InChI=1S/C10H10ClNO4/c11-9-8(16-6-2-4-15-5-6)7(10(13)14)1-3-12-9/h1,3,6H,2,4-5H2,(H,13,14)/t6-/m0/s1. The highest BCUT2D eigenvalue weighted by Crippen LogP contribution is 2.28. The molecule has 86 valence electrons. The minimum Gasteiger partial charge on any atom is -0.484 e. The average Bonchev–Trinajstić information content (AvgIpc) is 2.73. The van der Waals surface area contributed by atoms with E-state index in [4.69, 9.17) is 26.2 Å². The maximum atomic E-state index is 11.0. The molecule has 2 rings (SSSR count). The molecule has 6 heteroatoms. The molecule has 0 radical (unpaired) electrons. The van der Waals surface area contributed by atoms with E-state index in [0.29, 0.717) is 13.2 Å². The van der Waals surface area contributed by atoms with E-state index >= 15 is 0 Å². The van der Waals surface area contributed by atoms with Crippen molar-refractivity contribution in [2.24, 2.45) is 0 Å². The minimum atomic E-state index is -1.08. The first-order valence-corrected chi connectivity index (χ1v) is 5.18. The summed E-state index contributed by atoms with van der Waals surface area (Å²) in [6.45, 7) is 1.06. The zero-order chi connectivity index (χ0) is 11.5. The predicted molar refractivity (Wildman–Crippen MR) is 56.1 cm³/mol. The maximum absolute atomic E-state index is 11.0. The number of aromatic nitrogens is 1. The van der Waals surface area contributed by atoms with Crippen molar-refractivity contribution in [3.8, 4) is 5.75 Å². The SMILES string of the molecule is O=C(O)c1ccnc(Cl)c1O[C@H]1CCOC1. The second kappa shape index (κ2) is 4.67. The summed E-state index contributed by atoms with van der Waals surface area (Å²) in [6.07, 6.45) is 1.91. The van der Waals surface area contributed by atoms with Gasteiger partial charge in [0.05, 0.1) is 13.2 Å². The lowest BCUT2D eigenvalue weighted by atomic mass is 10.2. The van der Waals surface area contributed by atoms with Crippen LogP contribution in [0.5, 0.6) is 5.75 Å². The Bertz CT molecular complexity index is 404. The number of ether oxygens (including phenoxy) is 2. The molecule has 0 aromatic carbocycles. The van der Waals surface area contributed by atoms with Gasteiger partial charge in [-0.2, -0.15) is 0 Å². The number of carboxylic acids is 1. The molecule has 1 N–H and O–H groups in total. The molecule has 0 saturated carbocycles. The summed E-state index contributed by atoms with van der Waals surface area (Å²) in [5.41, 5.74) is 0.0203. The summed E-state index contributed by atoms with van der Waals surface area (Å²) < 4.78 is 10.6. The van der Waals surface area contributed by atoms with Gasteiger partial charge in [0.2, 0.25) is 0 Å². The third-order valence-corrected chi connectivity index (χ3v) is 2.53. The molecule has 1 aromatic rings. The van der Waals surface area contributed by atoms with E-state index in [1.165, 1.54) is 12.3 Å². The molecular formula is C10H10ClNO4. The van der Waals surface area contributed by atoms with Crippen LogP contribution in [0, 0.1) is 0 Å². The third-order valence-electron chi connectivity index (χ3n) is 2.26. The average molecular weight is 244 g/mol. The summed E-state index contributed by atoms with van der Waals surface area (Å²) in [6, 6.07) is 1.36. The van der Waals surface area contributed by atoms with Crippen molar-refractivity contribution >= 4 is 17.6 Å². The van der Waals surface area contributed by atoms with Gasteiger partial charge in [0.1, 0.15) is 11.7 Å². The molecule has 1 aliphatic rings. The van der Waals surface area contributed by atoms with E-state index in [9.17, 15) is 4.79 Å². The number of nitrogens with zero attached hydrogens (tertiary/aromatic N) is 1. The van der Waals surface area contributed by atoms with Gasteiger partial charge in [-0.05, 0) is 6.07 Å². The van der Waals surface area contributed by atoms with Crippen LogP contribution in [0.4, 0.5) is 0 Å². The molecule has 0 aliphatic carbocycles. The van der Waals surface area contributed by atoms with Crippen LogP contribution in [-0.4, -0.2) is 35.4 Å². The van der Waals surface area contributed by atoms with Crippen LogP contribution >= 0.6 is 11.6 Å². The molecule has 0 amide bonds. The molecule has 1 aliphatic heterocycles. The van der Waals surface area contributed by atoms with E-state index in [0.717, 1.165) is 6.42 Å². The highest BCUT2D eigenvalue weighted by atomic mass is 35.5. The van der Waals surface area contributed by atoms with Crippen molar-refractivity contribution in [3.05, 3.63) is 23.0 Å². The van der Waals surface area contributed by atoms with Crippen molar-refractivity contribution in [1.82, 2.24) is 4.98 Å². The number of pyridine rings is 1. The van der Waals surface area contributed by atoms with Gasteiger partial charge in [-0.25, -0.2) is 9.78 Å². The Labute approximate surface area is 97.0 Å². The molecule has 1 atom stereocenters. The second-order valence-corrected chi connectivity index (χ2v) is 3.75. The Morgan fingerprint density at radius 1 is 1.69 bits per heavy atom. The van der Waals surface area contributed by atoms with Crippen LogP contribution in [0.15, 0.2) is 12.3 Å². The van der Waals surface area contributed by atoms with Crippen molar-refractivity contribution in [2.75, 3.05) is 13.2 Å². The molecule has 5 nitrogen and oxygen atoms in total. The Kier molecular flexibility index (Phi) is 3.26. The fourth-order valence-corrected chi connectivity index (χ4v) is 1.68. The van der Waals surface area contributed by atoms with Gasteiger partial charge in [0.25, 0.3) is 0 Å². The zero-order valence-corrected chi connectivity index (χ0v) is 9.11. The third kappa shape index (κ3) is 2.25. The molecule has 16 heavy (non-hydrogen) atoms. The minimum absolute atomic E-state index is 0.0203. The molecule has 1 saturated heterocycles. The first-order chi connectivity index (χ1) is 7.68. The molecule has 0 unspecified atom stereocenters. The van der Waals surface area contributed by atoms with Gasteiger partial charge >= 0.3 is 5.97 Å². The summed E-state index contributed by atoms with van der Waals surface area (Å²) in [4.78, 5) is 14.8. The highest BCUT2D eigenvalue weighted by Gasteiger charge is 2.22. The van der Waals surface area contributed by atoms with Gasteiger partial charge in [-0.1, -0.05) is 11.6 Å². The Morgan fingerprint density at radius 3 is 3.12 bits per heavy atom. The van der Waals surface area contributed by atoms with Crippen LogP contribution in [0.2, 0.25) is 5.15 Å². The van der Waals surface area contributed by atoms with Gasteiger partial charge in [-0.3, -0.25) is 0 Å². The Hall–Kier alpha value is -1.33. The fraction of sp³-hybridized carbons (Fsp3) is 0.400. The van der Waals surface area contributed by atoms with Crippen LogP contribution in [0.1, 0.15) is 16.8 Å². The van der Waals surface area contributed by atoms with Crippen molar-refractivity contribution in [1.29, 1.82) is 0 Å². The van der Waals surface area contributed by atoms with Crippen molar-refractivity contribution in [2.45, 2.75) is 12.5 Å². The number of hydrogen-bond donors (Lipinski definition) is 1. The zero-order valence-electron chi connectivity index (χ0n) is 8.35. The lowest BCUT2D eigenvalue weighted by Gasteiger charge is -2.14.